The zero-order valence-corrected chi connectivity index (χ0v) is 8.32. The molecular weight excluding hydrogens is 216 g/mol. The minimum atomic E-state index is -4.20. The Morgan fingerprint density at radius 3 is 2.60 bits per heavy atom. The number of phenolic OH excluding ortho intramolecular Hbond substituents is 1. The number of hydrogen-bond donors (Lipinski definition) is 2. The molecule has 0 spiro atoms. The van der Waals surface area contributed by atoms with Crippen molar-refractivity contribution >= 4 is 20.9 Å². The van der Waals surface area contributed by atoms with Crippen molar-refractivity contribution in [3.05, 3.63) is 36.4 Å². The van der Waals surface area contributed by atoms with E-state index in [2.05, 4.69) is 6.07 Å². The van der Waals surface area contributed by atoms with Crippen molar-refractivity contribution in [1.82, 2.24) is 0 Å². The van der Waals surface area contributed by atoms with E-state index in [0.29, 0.717) is 10.8 Å². The Hall–Kier alpha value is -1.59. The van der Waals surface area contributed by atoms with Gasteiger partial charge < -0.3 is 5.11 Å². The van der Waals surface area contributed by atoms with Gasteiger partial charge >= 0.3 is 0 Å². The van der Waals surface area contributed by atoms with E-state index in [1.807, 2.05) is 0 Å². The molecule has 0 amide bonds. The van der Waals surface area contributed by atoms with Crippen LogP contribution in [0.1, 0.15) is 0 Å². The molecule has 2 rings (SSSR count). The van der Waals surface area contributed by atoms with Gasteiger partial charge in [0.15, 0.2) is 0 Å². The second-order valence-corrected chi connectivity index (χ2v) is 4.47. The molecule has 0 fully saturated rings. The van der Waals surface area contributed by atoms with Crippen LogP contribution in [0.3, 0.4) is 0 Å². The Kier molecular flexibility index (Phi) is 2.13. The molecule has 5 heteroatoms. The molecule has 4 nitrogen and oxygen atoms in total. The normalized spacial score (nSPS) is 11.8. The van der Waals surface area contributed by atoms with Crippen molar-refractivity contribution < 1.29 is 18.1 Å². The lowest BCUT2D eigenvalue weighted by molar-refractivity contribution is 0.479. The highest BCUT2D eigenvalue weighted by molar-refractivity contribution is 7.85. The fourth-order valence-corrected chi connectivity index (χ4v) is 1.86. The summed E-state index contributed by atoms with van der Waals surface area (Å²) < 4.78 is 30.5. The van der Waals surface area contributed by atoms with Gasteiger partial charge in [0.05, 0.1) is 4.90 Å². The fraction of sp³-hybridized carbons (Fsp3) is 0. The standard InChI is InChI=1S/C10H7O4S/c11-10-3-1-2-7-6-8(15(12,13)14)4-5-9(7)10/h1-2,4-6,11H,(H,12,13,14). The van der Waals surface area contributed by atoms with E-state index in [1.54, 1.807) is 6.07 Å². The maximum atomic E-state index is 10.8. The van der Waals surface area contributed by atoms with E-state index >= 15 is 0 Å². The van der Waals surface area contributed by atoms with Crippen molar-refractivity contribution in [1.29, 1.82) is 0 Å². The third-order valence-corrected chi connectivity index (χ3v) is 2.91. The lowest BCUT2D eigenvalue weighted by Crippen LogP contribution is -1.97. The average molecular weight is 223 g/mol. The molecule has 0 atom stereocenters. The third-order valence-electron chi connectivity index (χ3n) is 2.06. The van der Waals surface area contributed by atoms with E-state index in [4.69, 9.17) is 4.55 Å². The molecule has 2 aromatic rings. The highest BCUT2D eigenvalue weighted by Crippen LogP contribution is 2.25. The minimum Gasteiger partial charge on any atom is -0.507 e. The molecule has 2 aromatic carbocycles. The molecule has 15 heavy (non-hydrogen) atoms. The van der Waals surface area contributed by atoms with Gasteiger partial charge in [-0.3, -0.25) is 4.55 Å². The third kappa shape index (κ3) is 1.79. The van der Waals surface area contributed by atoms with E-state index in [1.165, 1.54) is 24.3 Å². The van der Waals surface area contributed by atoms with Gasteiger partial charge in [0, 0.05) is 11.5 Å². The molecular formula is C10H7O4S. The number of benzene rings is 2. The molecule has 0 aromatic heterocycles. The van der Waals surface area contributed by atoms with Crippen molar-refractivity contribution in [3.8, 4) is 5.75 Å². The van der Waals surface area contributed by atoms with Crippen LogP contribution in [-0.4, -0.2) is 18.1 Å². The molecule has 1 radical (unpaired) electrons. The molecule has 0 aliphatic rings. The second-order valence-electron chi connectivity index (χ2n) is 3.05. The van der Waals surface area contributed by atoms with E-state index < -0.39 is 10.1 Å². The Morgan fingerprint density at radius 2 is 1.93 bits per heavy atom. The van der Waals surface area contributed by atoms with Gasteiger partial charge in [-0.05, 0) is 29.7 Å². The SMILES string of the molecule is O=S(=O)(O)c1ccc2c(O)[c]ccc2c1. The van der Waals surface area contributed by atoms with Gasteiger partial charge in [-0.15, -0.1) is 0 Å². The van der Waals surface area contributed by atoms with Gasteiger partial charge in [0.2, 0.25) is 0 Å². The van der Waals surface area contributed by atoms with Crippen LogP contribution in [-0.2, 0) is 10.1 Å². The molecule has 0 saturated heterocycles. The summed E-state index contributed by atoms with van der Waals surface area (Å²) in [5, 5.41) is 10.4. The predicted octanol–water partition coefficient (Wildman–Crippen LogP) is 1.59. The van der Waals surface area contributed by atoms with Crippen LogP contribution in [0.4, 0.5) is 0 Å². The molecule has 0 heterocycles. The number of fused-ring (bicyclic) bond motifs is 1. The lowest BCUT2D eigenvalue weighted by atomic mass is 10.1. The molecule has 0 saturated carbocycles. The highest BCUT2D eigenvalue weighted by Gasteiger charge is 2.10. The van der Waals surface area contributed by atoms with Gasteiger partial charge in [0.25, 0.3) is 10.1 Å². The first-order valence-corrected chi connectivity index (χ1v) is 5.53. The summed E-state index contributed by atoms with van der Waals surface area (Å²) in [7, 11) is -4.20. The molecule has 0 aliphatic heterocycles. The number of aromatic hydroxyl groups is 1. The lowest BCUT2D eigenvalue weighted by Gasteiger charge is -2.02. The van der Waals surface area contributed by atoms with Gasteiger partial charge in [-0.2, -0.15) is 8.42 Å². The largest absolute Gasteiger partial charge is 0.507 e. The Balaban J connectivity index is 2.79. The summed E-state index contributed by atoms with van der Waals surface area (Å²) in [5.74, 6) is -0.0469. The highest BCUT2D eigenvalue weighted by atomic mass is 32.2. The Bertz CT molecular complexity index is 616. The van der Waals surface area contributed by atoms with Crippen LogP contribution < -0.4 is 0 Å². The molecule has 0 unspecified atom stereocenters. The second kappa shape index (κ2) is 3.22. The van der Waals surface area contributed by atoms with Crippen LogP contribution in [0.25, 0.3) is 10.8 Å². The number of phenols is 1. The van der Waals surface area contributed by atoms with E-state index in [0.717, 1.165) is 0 Å². The topological polar surface area (TPSA) is 74.6 Å². The Labute approximate surface area is 86.5 Å². The fourth-order valence-electron chi connectivity index (χ4n) is 1.34. The van der Waals surface area contributed by atoms with Gasteiger partial charge in [0.1, 0.15) is 5.75 Å². The predicted molar refractivity (Wildman–Crippen MR) is 54.3 cm³/mol. The van der Waals surface area contributed by atoms with Gasteiger partial charge in [-0.1, -0.05) is 6.07 Å². The summed E-state index contributed by atoms with van der Waals surface area (Å²) in [6.07, 6.45) is 0. The molecule has 77 valence electrons. The summed E-state index contributed by atoms with van der Waals surface area (Å²) in [5.41, 5.74) is 0. The molecule has 0 bridgehead atoms. The van der Waals surface area contributed by atoms with Gasteiger partial charge in [-0.25, -0.2) is 0 Å². The summed E-state index contributed by atoms with van der Waals surface area (Å²) in [6.45, 7) is 0. The zero-order valence-electron chi connectivity index (χ0n) is 7.51. The van der Waals surface area contributed by atoms with E-state index in [-0.39, 0.29) is 10.6 Å². The number of rotatable bonds is 1. The van der Waals surface area contributed by atoms with Crippen LogP contribution in [0.15, 0.2) is 35.2 Å². The smallest absolute Gasteiger partial charge is 0.294 e. The van der Waals surface area contributed by atoms with Crippen molar-refractivity contribution in [2.75, 3.05) is 0 Å². The monoisotopic (exact) mass is 223 g/mol. The summed E-state index contributed by atoms with van der Waals surface area (Å²) >= 11 is 0. The van der Waals surface area contributed by atoms with Crippen molar-refractivity contribution in [2.24, 2.45) is 0 Å². The van der Waals surface area contributed by atoms with Crippen molar-refractivity contribution in [2.45, 2.75) is 4.90 Å². The van der Waals surface area contributed by atoms with Crippen LogP contribution >= 0.6 is 0 Å². The molecule has 0 aliphatic carbocycles. The first-order valence-electron chi connectivity index (χ1n) is 4.09. The summed E-state index contributed by atoms with van der Waals surface area (Å²) in [4.78, 5) is -0.194. The maximum Gasteiger partial charge on any atom is 0.294 e. The maximum absolute atomic E-state index is 10.8. The van der Waals surface area contributed by atoms with Crippen molar-refractivity contribution in [3.63, 3.8) is 0 Å². The number of hydrogen-bond acceptors (Lipinski definition) is 3. The molecule has 2 N–H and O–H groups in total. The quantitative estimate of drug-likeness (QED) is 0.720. The average Bonchev–Trinajstić information content (AvgIpc) is 2.16. The summed E-state index contributed by atoms with van der Waals surface area (Å²) in [6, 6.07) is 9.59. The van der Waals surface area contributed by atoms with Crippen LogP contribution in [0.5, 0.6) is 5.75 Å². The van der Waals surface area contributed by atoms with E-state index in [9.17, 15) is 13.5 Å². The van der Waals surface area contributed by atoms with Crippen LogP contribution in [0.2, 0.25) is 0 Å². The minimum absolute atomic E-state index is 0.0469. The zero-order chi connectivity index (χ0) is 11.1. The van der Waals surface area contributed by atoms with Crippen LogP contribution in [0, 0.1) is 6.07 Å². The Morgan fingerprint density at radius 1 is 1.20 bits per heavy atom. The first kappa shape index (κ1) is 9.95. The first-order chi connectivity index (χ1) is 6.98.